The van der Waals surface area contributed by atoms with Crippen molar-refractivity contribution in [2.24, 2.45) is 0 Å². The molecule has 0 aliphatic heterocycles. The number of amides is 1. The number of halogens is 6. The number of carbonyl (C=O) groups is 1. The van der Waals surface area contributed by atoms with Crippen molar-refractivity contribution in [3.05, 3.63) is 42.0 Å². The highest BCUT2D eigenvalue weighted by molar-refractivity contribution is 5.96. The molecule has 0 fully saturated rings. The van der Waals surface area contributed by atoms with Gasteiger partial charge in [-0.15, -0.1) is 0 Å². The molecule has 0 heterocycles. The summed E-state index contributed by atoms with van der Waals surface area (Å²) in [6, 6.07) is 8.48. The van der Waals surface area contributed by atoms with E-state index in [1.165, 1.54) is 70.6 Å². The fourth-order valence-corrected chi connectivity index (χ4v) is 4.98. The third kappa shape index (κ3) is 13.6. The number of aromatic hydroxyl groups is 1. The number of unbranched alkanes of at least 4 members (excludes halogenated alkanes) is 12. The molecule has 0 aromatic heterocycles. The largest absolute Gasteiger partial charge is 0.506 e. The molecule has 0 saturated heterocycles. The zero-order chi connectivity index (χ0) is 34.2. The van der Waals surface area contributed by atoms with E-state index in [9.17, 15) is 36.2 Å². The maximum absolute atomic E-state index is 14.0. The van der Waals surface area contributed by atoms with E-state index in [0.717, 1.165) is 24.8 Å². The smallest absolute Gasteiger partial charge is 0.439 e. The molecule has 0 bridgehead atoms. The van der Waals surface area contributed by atoms with Gasteiger partial charge in [0.1, 0.15) is 11.5 Å². The number of hydrogen-bond donors (Lipinski definition) is 3. The Bertz CT molecular complexity index is 1190. The number of phenols is 1. The highest BCUT2D eigenvalue weighted by atomic mass is 19.4. The van der Waals surface area contributed by atoms with Crippen LogP contribution in [0.4, 0.5) is 37.7 Å². The SMILES string of the molecule is CCCCCCCCCCCCCCCc1cccc(OC(CC)C(=O)Nc2cc(O)c(N)cc2OC(F)(F)C(F)C(F)(F)F)c1. The van der Waals surface area contributed by atoms with E-state index >= 15 is 0 Å². The van der Waals surface area contributed by atoms with Gasteiger partial charge in [0.15, 0.2) is 11.9 Å². The number of carbonyl (C=O) groups excluding carboxylic acids is 1. The average Bonchev–Trinajstić information content (AvgIpc) is 3.00. The van der Waals surface area contributed by atoms with Crippen LogP contribution in [0.5, 0.6) is 17.2 Å². The summed E-state index contributed by atoms with van der Waals surface area (Å²) < 4.78 is 89.1. The lowest BCUT2D eigenvalue weighted by atomic mass is 10.0. The number of nitrogens with one attached hydrogen (secondary N) is 1. The summed E-state index contributed by atoms with van der Waals surface area (Å²) in [6.45, 7) is 3.86. The summed E-state index contributed by atoms with van der Waals surface area (Å²) in [5.74, 6) is -2.22. The summed E-state index contributed by atoms with van der Waals surface area (Å²) in [5.41, 5.74) is 5.29. The third-order valence-corrected chi connectivity index (χ3v) is 7.62. The molecular weight excluding hydrogens is 614 g/mol. The average molecular weight is 663 g/mol. The number of benzene rings is 2. The molecule has 0 aliphatic rings. The third-order valence-electron chi connectivity index (χ3n) is 7.62. The van der Waals surface area contributed by atoms with Crippen molar-refractivity contribution in [2.45, 2.75) is 135 Å². The predicted molar refractivity (Wildman–Crippen MR) is 168 cm³/mol. The van der Waals surface area contributed by atoms with E-state index in [1.54, 1.807) is 25.1 Å². The Balaban J connectivity index is 1.88. The van der Waals surface area contributed by atoms with Crippen molar-refractivity contribution in [1.29, 1.82) is 0 Å². The zero-order valence-corrected chi connectivity index (χ0v) is 26.7. The van der Waals surface area contributed by atoms with Crippen LogP contribution in [0.2, 0.25) is 0 Å². The van der Waals surface area contributed by atoms with Crippen molar-refractivity contribution >= 4 is 17.3 Å². The molecule has 0 saturated carbocycles. The van der Waals surface area contributed by atoms with Crippen molar-refractivity contribution in [3.63, 3.8) is 0 Å². The molecule has 0 radical (unpaired) electrons. The molecule has 0 spiro atoms. The molecule has 260 valence electrons. The normalized spacial score (nSPS) is 13.3. The Hall–Kier alpha value is -3.31. The number of aryl methyl sites for hydroxylation is 1. The first-order valence-corrected chi connectivity index (χ1v) is 16.2. The minimum absolute atomic E-state index is 0.128. The fourth-order valence-electron chi connectivity index (χ4n) is 4.98. The van der Waals surface area contributed by atoms with Crippen LogP contribution < -0.4 is 20.5 Å². The van der Waals surface area contributed by atoms with Gasteiger partial charge in [-0.1, -0.05) is 103 Å². The first-order valence-electron chi connectivity index (χ1n) is 16.2. The van der Waals surface area contributed by atoms with E-state index in [0.29, 0.717) is 17.9 Å². The Labute approximate surface area is 268 Å². The Kier molecular flexibility index (Phi) is 16.4. The lowest BCUT2D eigenvalue weighted by molar-refractivity contribution is -0.304. The molecule has 2 unspecified atom stereocenters. The van der Waals surface area contributed by atoms with Gasteiger partial charge in [0.05, 0.1) is 11.4 Å². The molecule has 2 atom stereocenters. The lowest BCUT2D eigenvalue weighted by Gasteiger charge is -2.25. The quantitative estimate of drug-likeness (QED) is 0.0505. The molecule has 12 heteroatoms. The van der Waals surface area contributed by atoms with E-state index in [-0.39, 0.29) is 6.42 Å². The zero-order valence-electron chi connectivity index (χ0n) is 26.7. The molecular formula is C34H48F6N2O4. The van der Waals surface area contributed by atoms with Crippen LogP contribution >= 0.6 is 0 Å². The standard InChI is InChI=1S/C34H48F6N2O4/c1-3-5-6-7-8-9-10-11-12-13-14-15-16-18-24-19-17-20-25(21-24)45-29(4-2)31(44)42-27-23-28(43)26(41)22-30(27)46-34(39,40)32(35)33(36,37)38/h17,19-23,29,32,43H,3-16,18,41H2,1-2H3,(H,42,44). The molecule has 46 heavy (non-hydrogen) atoms. The van der Waals surface area contributed by atoms with Gasteiger partial charge in [-0.25, -0.2) is 4.39 Å². The minimum atomic E-state index is -5.92. The Morgan fingerprint density at radius 1 is 0.870 bits per heavy atom. The van der Waals surface area contributed by atoms with Crippen LogP contribution in [0.3, 0.4) is 0 Å². The van der Waals surface area contributed by atoms with Crippen LogP contribution in [0.15, 0.2) is 36.4 Å². The van der Waals surface area contributed by atoms with Gasteiger partial charge in [-0.05, 0) is 37.0 Å². The van der Waals surface area contributed by atoms with Crippen LogP contribution in [0.25, 0.3) is 0 Å². The van der Waals surface area contributed by atoms with Crippen LogP contribution in [0.1, 0.15) is 109 Å². The van der Waals surface area contributed by atoms with Crippen molar-refractivity contribution in [3.8, 4) is 17.2 Å². The monoisotopic (exact) mass is 662 g/mol. The van der Waals surface area contributed by atoms with Gasteiger partial charge in [-0.3, -0.25) is 4.79 Å². The van der Waals surface area contributed by atoms with Gasteiger partial charge in [0.2, 0.25) is 0 Å². The number of nitrogen functional groups attached to an aromatic ring is 1. The number of rotatable bonds is 22. The van der Waals surface area contributed by atoms with Gasteiger partial charge >= 0.3 is 12.3 Å². The maximum Gasteiger partial charge on any atom is 0.439 e. The van der Waals surface area contributed by atoms with E-state index in [4.69, 9.17) is 10.5 Å². The lowest BCUT2D eigenvalue weighted by Crippen LogP contribution is -2.45. The summed E-state index contributed by atoms with van der Waals surface area (Å²) in [5, 5.41) is 12.1. The molecule has 0 aliphatic carbocycles. The van der Waals surface area contributed by atoms with Crippen LogP contribution in [-0.4, -0.2) is 35.6 Å². The molecule has 6 nitrogen and oxygen atoms in total. The van der Waals surface area contributed by atoms with Gasteiger partial charge in [-0.2, -0.15) is 22.0 Å². The number of hydrogen-bond acceptors (Lipinski definition) is 5. The summed E-state index contributed by atoms with van der Waals surface area (Å²) in [4.78, 5) is 13.0. The number of anilines is 2. The fraction of sp³-hybridized carbons (Fsp3) is 0.618. The Morgan fingerprint density at radius 2 is 1.43 bits per heavy atom. The molecule has 4 N–H and O–H groups in total. The summed E-state index contributed by atoms with van der Waals surface area (Å²) in [6.07, 6.45) is 0.207. The minimum Gasteiger partial charge on any atom is -0.506 e. The second-order valence-corrected chi connectivity index (χ2v) is 11.6. The van der Waals surface area contributed by atoms with Crippen LogP contribution in [-0.2, 0) is 11.2 Å². The van der Waals surface area contributed by atoms with E-state index < -0.39 is 53.3 Å². The molecule has 2 aromatic carbocycles. The highest BCUT2D eigenvalue weighted by Gasteiger charge is 2.59. The van der Waals surface area contributed by atoms with Crippen molar-refractivity contribution in [2.75, 3.05) is 11.1 Å². The van der Waals surface area contributed by atoms with Crippen LogP contribution in [0, 0.1) is 0 Å². The number of phenolic OH excluding ortho intramolecular Hbond substituents is 1. The number of alkyl halides is 6. The Morgan fingerprint density at radius 3 is 1.98 bits per heavy atom. The predicted octanol–water partition coefficient (Wildman–Crippen LogP) is 10.3. The number of ether oxygens (including phenoxy) is 2. The van der Waals surface area contributed by atoms with Gasteiger partial charge in [0, 0.05) is 12.1 Å². The topological polar surface area (TPSA) is 93.8 Å². The van der Waals surface area contributed by atoms with E-state index in [2.05, 4.69) is 17.0 Å². The van der Waals surface area contributed by atoms with Gasteiger partial charge in [0.25, 0.3) is 12.1 Å². The first-order chi connectivity index (χ1) is 21.8. The van der Waals surface area contributed by atoms with E-state index in [1.807, 2.05) is 6.07 Å². The second-order valence-electron chi connectivity index (χ2n) is 11.6. The number of nitrogens with two attached hydrogens (primary N) is 1. The molecule has 1 amide bonds. The molecule has 2 rings (SSSR count). The maximum atomic E-state index is 14.0. The van der Waals surface area contributed by atoms with Gasteiger partial charge < -0.3 is 25.6 Å². The summed E-state index contributed by atoms with van der Waals surface area (Å²) in [7, 11) is 0. The second kappa shape index (κ2) is 19.4. The van der Waals surface area contributed by atoms with Crippen molar-refractivity contribution < 1.29 is 45.7 Å². The summed E-state index contributed by atoms with van der Waals surface area (Å²) >= 11 is 0. The first kappa shape index (κ1) is 38.9. The molecule has 2 aromatic rings. The van der Waals surface area contributed by atoms with Crippen molar-refractivity contribution in [1.82, 2.24) is 0 Å². The highest BCUT2D eigenvalue weighted by Crippen LogP contribution is 2.41.